The minimum absolute atomic E-state index is 0.0839. The Balaban J connectivity index is 1.61. The van der Waals surface area contributed by atoms with Crippen molar-refractivity contribution in [2.24, 2.45) is 7.05 Å². The number of benzene rings is 2. The van der Waals surface area contributed by atoms with Crippen LogP contribution in [0.3, 0.4) is 0 Å². The third-order valence-electron chi connectivity index (χ3n) is 7.60. The van der Waals surface area contributed by atoms with Crippen LogP contribution in [0.15, 0.2) is 52.1 Å². The molecule has 0 spiro atoms. The van der Waals surface area contributed by atoms with E-state index in [9.17, 15) is 18.0 Å². The van der Waals surface area contributed by atoms with Crippen LogP contribution >= 0.6 is 0 Å². The maximum atomic E-state index is 15.3. The van der Waals surface area contributed by atoms with Gasteiger partial charge in [0.1, 0.15) is 35.7 Å². The van der Waals surface area contributed by atoms with Gasteiger partial charge in [-0.2, -0.15) is 13.2 Å². The predicted octanol–water partition coefficient (Wildman–Crippen LogP) is 6.32. The van der Waals surface area contributed by atoms with Crippen LogP contribution in [-0.2, 0) is 7.05 Å². The van der Waals surface area contributed by atoms with Gasteiger partial charge in [0.25, 0.3) is 0 Å². The fourth-order valence-corrected chi connectivity index (χ4v) is 5.33. The van der Waals surface area contributed by atoms with Gasteiger partial charge in [0, 0.05) is 29.8 Å². The lowest BCUT2D eigenvalue weighted by Gasteiger charge is -2.41. The SMILES string of the molecule is Cc1c(F)c(C(C)NC2(C)CCC2)cc2c(=O)c(-c3cccc(C(c4nncn4C)C(F)(F)F)c3)coc12. The molecule has 6 nitrogen and oxygen atoms in total. The van der Waals surface area contributed by atoms with E-state index < -0.39 is 23.3 Å². The first-order valence-electron chi connectivity index (χ1n) is 12.4. The molecule has 5 rings (SSSR count). The Hall–Kier alpha value is -3.53. The minimum atomic E-state index is -4.64. The number of hydrogen-bond acceptors (Lipinski definition) is 5. The summed E-state index contributed by atoms with van der Waals surface area (Å²) in [5, 5.41) is 10.9. The highest BCUT2D eigenvalue weighted by molar-refractivity contribution is 5.85. The van der Waals surface area contributed by atoms with Crippen molar-refractivity contribution in [3.05, 3.63) is 81.5 Å². The lowest BCUT2D eigenvalue weighted by molar-refractivity contribution is -0.143. The van der Waals surface area contributed by atoms with Crippen LogP contribution < -0.4 is 10.7 Å². The molecule has 1 saturated carbocycles. The van der Waals surface area contributed by atoms with Crippen molar-refractivity contribution in [1.82, 2.24) is 20.1 Å². The first kappa shape index (κ1) is 26.1. The number of nitrogens with one attached hydrogen (secondary N) is 1. The van der Waals surface area contributed by atoms with Crippen LogP contribution in [0.4, 0.5) is 17.6 Å². The van der Waals surface area contributed by atoms with E-state index in [4.69, 9.17) is 4.42 Å². The molecule has 2 aromatic carbocycles. The summed E-state index contributed by atoms with van der Waals surface area (Å²) in [6.45, 7) is 5.50. The van der Waals surface area contributed by atoms with Crippen molar-refractivity contribution in [1.29, 1.82) is 0 Å². The molecule has 38 heavy (non-hydrogen) atoms. The van der Waals surface area contributed by atoms with Gasteiger partial charge < -0.3 is 14.3 Å². The lowest BCUT2D eigenvalue weighted by Crippen LogP contribution is -2.49. The van der Waals surface area contributed by atoms with Gasteiger partial charge in [-0.25, -0.2) is 4.39 Å². The second-order valence-electron chi connectivity index (χ2n) is 10.4. The monoisotopic (exact) mass is 528 g/mol. The molecule has 1 aliphatic carbocycles. The Kier molecular flexibility index (Phi) is 6.41. The highest BCUT2D eigenvalue weighted by Gasteiger charge is 2.45. The number of aryl methyl sites for hydroxylation is 2. The summed E-state index contributed by atoms with van der Waals surface area (Å²) >= 11 is 0. The van der Waals surface area contributed by atoms with E-state index >= 15 is 4.39 Å². The number of rotatable bonds is 6. The van der Waals surface area contributed by atoms with Crippen LogP contribution in [-0.4, -0.2) is 26.5 Å². The van der Waals surface area contributed by atoms with Crippen LogP contribution in [0.1, 0.15) is 67.6 Å². The van der Waals surface area contributed by atoms with Gasteiger partial charge in [0.15, 0.2) is 0 Å². The molecule has 0 saturated heterocycles. The first-order valence-corrected chi connectivity index (χ1v) is 12.4. The van der Waals surface area contributed by atoms with E-state index in [1.54, 1.807) is 13.0 Å². The number of aromatic nitrogens is 3. The zero-order chi connectivity index (χ0) is 27.4. The summed E-state index contributed by atoms with van der Waals surface area (Å²) in [5.74, 6) is -2.75. The molecule has 0 radical (unpaired) electrons. The van der Waals surface area contributed by atoms with Gasteiger partial charge in [-0.3, -0.25) is 4.79 Å². The standard InChI is InChI=1S/C28H28F4N4O2/c1-15-23(29)19(16(2)34-27(3)9-6-10-27)12-20-24(37)21(13-38-25(15)20)17-7-5-8-18(11-17)22(28(30,31)32)26-35-33-14-36(26)4/h5,7-8,11-14,16,22,34H,6,9-10H2,1-4H3. The number of halogens is 4. The summed E-state index contributed by atoms with van der Waals surface area (Å²) in [7, 11) is 1.44. The molecule has 2 aromatic heterocycles. The van der Waals surface area contributed by atoms with E-state index in [1.165, 1.54) is 48.5 Å². The maximum Gasteiger partial charge on any atom is 0.402 e. The van der Waals surface area contributed by atoms with Crippen molar-refractivity contribution < 1.29 is 22.0 Å². The van der Waals surface area contributed by atoms with E-state index in [2.05, 4.69) is 22.4 Å². The molecule has 4 aromatic rings. The molecule has 1 fully saturated rings. The van der Waals surface area contributed by atoms with Crippen molar-refractivity contribution in [2.75, 3.05) is 0 Å². The molecule has 200 valence electrons. The first-order chi connectivity index (χ1) is 17.9. The molecular weight excluding hydrogens is 500 g/mol. The number of nitrogens with zero attached hydrogens (tertiary/aromatic N) is 3. The number of alkyl halides is 3. The Bertz CT molecular complexity index is 1570. The molecule has 2 heterocycles. The summed E-state index contributed by atoms with van der Waals surface area (Å²) in [5.41, 5.74) is 0.394. The second-order valence-corrected chi connectivity index (χ2v) is 10.4. The van der Waals surface area contributed by atoms with Crippen LogP contribution in [0, 0.1) is 12.7 Å². The van der Waals surface area contributed by atoms with Gasteiger partial charge >= 0.3 is 6.18 Å². The third kappa shape index (κ3) is 4.51. The average molecular weight is 529 g/mol. The van der Waals surface area contributed by atoms with Crippen molar-refractivity contribution in [3.63, 3.8) is 0 Å². The van der Waals surface area contributed by atoms with Crippen molar-refractivity contribution >= 4 is 11.0 Å². The molecule has 2 unspecified atom stereocenters. The largest absolute Gasteiger partial charge is 0.463 e. The highest BCUT2D eigenvalue weighted by Crippen LogP contribution is 2.40. The molecule has 1 aliphatic rings. The number of fused-ring (bicyclic) bond motifs is 1. The van der Waals surface area contributed by atoms with Gasteiger partial charge in [-0.15, -0.1) is 10.2 Å². The van der Waals surface area contributed by atoms with E-state index in [1.807, 2.05) is 6.92 Å². The van der Waals surface area contributed by atoms with Gasteiger partial charge in [-0.05, 0) is 63.3 Å². The average Bonchev–Trinajstić information content (AvgIpc) is 3.25. The summed E-state index contributed by atoms with van der Waals surface area (Å²) in [4.78, 5) is 13.6. The van der Waals surface area contributed by atoms with Crippen molar-refractivity contribution in [3.8, 4) is 11.1 Å². The zero-order valence-electron chi connectivity index (χ0n) is 21.5. The predicted molar refractivity (Wildman–Crippen MR) is 135 cm³/mol. The fraction of sp³-hybridized carbons (Fsp3) is 0.393. The molecule has 2 atom stereocenters. The summed E-state index contributed by atoms with van der Waals surface area (Å²) in [6, 6.07) is 6.79. The van der Waals surface area contributed by atoms with Crippen molar-refractivity contribution in [2.45, 2.75) is 63.7 Å². The van der Waals surface area contributed by atoms with E-state index in [0.29, 0.717) is 5.56 Å². The Labute approximate surface area is 216 Å². The topological polar surface area (TPSA) is 73.0 Å². The molecule has 10 heteroatoms. The smallest absolute Gasteiger partial charge is 0.402 e. The summed E-state index contributed by atoms with van der Waals surface area (Å²) < 4.78 is 64.6. The van der Waals surface area contributed by atoms with Crippen LogP contribution in [0.25, 0.3) is 22.1 Å². The Morgan fingerprint density at radius 2 is 1.95 bits per heavy atom. The quantitative estimate of drug-likeness (QED) is 0.297. The highest BCUT2D eigenvalue weighted by atomic mass is 19.4. The van der Waals surface area contributed by atoms with Gasteiger partial charge in [0.05, 0.1) is 10.9 Å². The third-order valence-corrected chi connectivity index (χ3v) is 7.60. The molecule has 0 aliphatic heterocycles. The van der Waals surface area contributed by atoms with Crippen LogP contribution in [0.2, 0.25) is 0 Å². The maximum absolute atomic E-state index is 15.3. The van der Waals surface area contributed by atoms with E-state index in [-0.39, 0.29) is 50.6 Å². The molecule has 0 bridgehead atoms. The number of hydrogen-bond donors (Lipinski definition) is 1. The Morgan fingerprint density at radius 1 is 1.21 bits per heavy atom. The minimum Gasteiger partial charge on any atom is -0.463 e. The second kappa shape index (κ2) is 9.34. The lowest BCUT2D eigenvalue weighted by atomic mass is 9.77. The van der Waals surface area contributed by atoms with E-state index in [0.717, 1.165) is 19.3 Å². The molecule has 1 N–H and O–H groups in total. The molecule has 0 amide bonds. The van der Waals surface area contributed by atoms with Gasteiger partial charge in [0.2, 0.25) is 5.43 Å². The zero-order valence-corrected chi connectivity index (χ0v) is 21.5. The van der Waals surface area contributed by atoms with Gasteiger partial charge in [-0.1, -0.05) is 18.2 Å². The normalized spacial score (nSPS) is 16.8. The summed E-state index contributed by atoms with van der Waals surface area (Å²) in [6.07, 6.45) is 0.821. The van der Waals surface area contributed by atoms with Crippen LogP contribution in [0.5, 0.6) is 0 Å². The Morgan fingerprint density at radius 3 is 2.55 bits per heavy atom. The fourth-order valence-electron chi connectivity index (χ4n) is 5.33. The molecular formula is C28H28F4N4O2.